The number of phenolic OH excluding ortho intramolecular Hbond substituents is 1. The number of fused-ring (bicyclic) bond motifs is 1. The minimum Gasteiger partial charge on any atom is -0.506 e. The van der Waals surface area contributed by atoms with Crippen LogP contribution < -0.4 is 14.8 Å². The van der Waals surface area contributed by atoms with Crippen LogP contribution >= 0.6 is 24.0 Å². The number of carbonyl (C=O) groups excluding carboxylic acids is 2. The van der Waals surface area contributed by atoms with Crippen LogP contribution in [0.2, 0.25) is 0 Å². The van der Waals surface area contributed by atoms with Gasteiger partial charge in [0.05, 0.1) is 21.6 Å². The summed E-state index contributed by atoms with van der Waals surface area (Å²) in [5.41, 5.74) is 0.675. The lowest BCUT2D eigenvalue weighted by Gasteiger charge is -2.14. The Morgan fingerprint density at radius 3 is 2.77 bits per heavy atom. The maximum Gasteiger partial charge on any atom is 0.273 e. The SMILES string of the molecule is O=C(CCCCCN1C(=O)/C(=C/c2ccc3c(c2)OCO3)SC1=S)Nc1ccc([N+](=O)[O-])cc1O. The first kappa shape index (κ1) is 24.5. The first-order valence-electron chi connectivity index (χ1n) is 10.7. The first-order valence-corrected chi connectivity index (χ1v) is 12.0. The zero-order valence-corrected chi connectivity index (χ0v) is 20.0. The fourth-order valence-corrected chi connectivity index (χ4v) is 4.84. The quantitative estimate of drug-likeness (QED) is 0.124. The summed E-state index contributed by atoms with van der Waals surface area (Å²) in [5, 5.41) is 23.1. The lowest BCUT2D eigenvalue weighted by Crippen LogP contribution is -2.29. The number of rotatable bonds is 9. The molecule has 4 rings (SSSR count). The Balaban J connectivity index is 1.21. The number of aromatic hydroxyl groups is 1. The first-order chi connectivity index (χ1) is 16.8. The van der Waals surface area contributed by atoms with Crippen LogP contribution in [0.3, 0.4) is 0 Å². The van der Waals surface area contributed by atoms with Crippen LogP contribution in [0.25, 0.3) is 6.08 Å². The second kappa shape index (κ2) is 10.7. The van der Waals surface area contributed by atoms with E-state index in [0.717, 1.165) is 11.6 Å². The number of nitrogens with one attached hydrogen (secondary N) is 1. The van der Waals surface area contributed by atoms with Gasteiger partial charge in [0, 0.05) is 19.0 Å². The van der Waals surface area contributed by atoms with Crippen LogP contribution in [0.1, 0.15) is 31.2 Å². The number of phenols is 1. The maximum absolute atomic E-state index is 12.8. The zero-order valence-electron chi connectivity index (χ0n) is 18.4. The number of hydrogen-bond donors (Lipinski definition) is 2. The molecule has 0 saturated carbocycles. The number of ether oxygens (including phenoxy) is 2. The molecular weight excluding hydrogens is 494 g/mol. The molecule has 2 heterocycles. The highest BCUT2D eigenvalue weighted by molar-refractivity contribution is 8.26. The number of nitro benzene ring substituents is 1. The molecule has 0 aliphatic carbocycles. The molecule has 2 N–H and O–H groups in total. The van der Waals surface area contributed by atoms with E-state index >= 15 is 0 Å². The molecule has 1 fully saturated rings. The summed E-state index contributed by atoms with van der Waals surface area (Å²) < 4.78 is 11.2. The van der Waals surface area contributed by atoms with Crippen molar-refractivity contribution in [3.8, 4) is 17.2 Å². The monoisotopic (exact) mass is 515 g/mol. The Morgan fingerprint density at radius 2 is 2.00 bits per heavy atom. The van der Waals surface area contributed by atoms with Gasteiger partial charge in [-0.1, -0.05) is 36.5 Å². The molecule has 2 aliphatic rings. The minimum atomic E-state index is -0.628. The van der Waals surface area contributed by atoms with Gasteiger partial charge in [0.1, 0.15) is 10.1 Å². The summed E-state index contributed by atoms with van der Waals surface area (Å²) in [7, 11) is 0. The van der Waals surface area contributed by atoms with Gasteiger partial charge in [-0.05, 0) is 42.7 Å². The van der Waals surface area contributed by atoms with E-state index in [9.17, 15) is 24.8 Å². The van der Waals surface area contributed by atoms with E-state index in [1.165, 1.54) is 23.9 Å². The third-order valence-corrected chi connectivity index (χ3v) is 6.70. The molecule has 2 aliphatic heterocycles. The van der Waals surface area contributed by atoms with Crippen molar-refractivity contribution >= 4 is 57.6 Å². The van der Waals surface area contributed by atoms with Crippen molar-refractivity contribution in [3.05, 3.63) is 57.0 Å². The highest BCUT2D eigenvalue weighted by Gasteiger charge is 2.31. The fourth-order valence-electron chi connectivity index (χ4n) is 3.53. The standard InChI is InChI=1S/C23H21N3O7S2/c27-17-12-15(26(30)31)6-7-16(17)24-21(28)4-2-1-3-9-25-22(29)20(35-23(25)34)11-14-5-8-18-19(10-14)33-13-32-18/h5-8,10-12,27H,1-4,9,13H2,(H,24,28)/b20-11-. The number of nitrogens with zero attached hydrogens (tertiary/aromatic N) is 2. The van der Waals surface area contributed by atoms with Crippen molar-refractivity contribution in [2.24, 2.45) is 0 Å². The van der Waals surface area contributed by atoms with Crippen LogP contribution in [-0.4, -0.2) is 44.4 Å². The molecule has 2 amide bonds. The smallest absolute Gasteiger partial charge is 0.273 e. The zero-order chi connectivity index (χ0) is 24.9. The molecule has 0 atom stereocenters. The minimum absolute atomic E-state index is 0.118. The van der Waals surface area contributed by atoms with Gasteiger partial charge in [-0.15, -0.1) is 0 Å². The largest absolute Gasteiger partial charge is 0.506 e. The molecule has 2 aromatic carbocycles. The molecule has 0 radical (unpaired) electrons. The van der Waals surface area contributed by atoms with Crippen molar-refractivity contribution < 1.29 is 29.1 Å². The summed E-state index contributed by atoms with van der Waals surface area (Å²) >= 11 is 6.62. The van der Waals surface area contributed by atoms with E-state index < -0.39 is 4.92 Å². The Morgan fingerprint density at radius 1 is 1.20 bits per heavy atom. The van der Waals surface area contributed by atoms with Gasteiger partial charge in [-0.3, -0.25) is 24.6 Å². The van der Waals surface area contributed by atoms with E-state index in [1.807, 2.05) is 12.1 Å². The molecule has 35 heavy (non-hydrogen) atoms. The molecule has 0 bridgehead atoms. The second-order valence-electron chi connectivity index (χ2n) is 7.76. The maximum atomic E-state index is 12.8. The third kappa shape index (κ3) is 5.89. The average Bonchev–Trinajstić information content (AvgIpc) is 3.39. The lowest BCUT2D eigenvalue weighted by atomic mass is 10.1. The molecule has 10 nitrogen and oxygen atoms in total. The predicted molar refractivity (Wildman–Crippen MR) is 134 cm³/mol. The lowest BCUT2D eigenvalue weighted by molar-refractivity contribution is -0.384. The summed E-state index contributed by atoms with van der Waals surface area (Å²) in [6.07, 6.45) is 3.91. The number of thioether (sulfide) groups is 1. The topological polar surface area (TPSA) is 131 Å². The molecule has 0 unspecified atom stereocenters. The van der Waals surface area contributed by atoms with Crippen LogP contribution in [0, 0.1) is 10.1 Å². The summed E-state index contributed by atoms with van der Waals surface area (Å²) in [6.45, 7) is 0.635. The van der Waals surface area contributed by atoms with Crippen LogP contribution in [0.4, 0.5) is 11.4 Å². The molecule has 0 aromatic heterocycles. The van der Waals surface area contributed by atoms with E-state index in [4.69, 9.17) is 21.7 Å². The van der Waals surface area contributed by atoms with E-state index in [0.29, 0.717) is 46.5 Å². The number of unbranched alkanes of at least 4 members (excludes halogenated alkanes) is 2. The number of amides is 2. The van der Waals surface area contributed by atoms with Crippen molar-refractivity contribution in [3.63, 3.8) is 0 Å². The van der Waals surface area contributed by atoms with Crippen molar-refractivity contribution in [2.75, 3.05) is 18.7 Å². The normalized spacial score (nSPS) is 15.7. The van der Waals surface area contributed by atoms with Gasteiger partial charge < -0.3 is 19.9 Å². The molecule has 1 saturated heterocycles. The van der Waals surface area contributed by atoms with Gasteiger partial charge in [-0.2, -0.15) is 0 Å². The number of thiocarbonyl (C=S) groups is 1. The Labute approximate surface area is 210 Å². The number of carbonyl (C=O) groups is 2. The van der Waals surface area contributed by atoms with Crippen LogP contribution in [0.15, 0.2) is 41.3 Å². The van der Waals surface area contributed by atoms with Gasteiger partial charge in [0.2, 0.25) is 12.7 Å². The van der Waals surface area contributed by atoms with E-state index in [1.54, 1.807) is 17.0 Å². The Bertz CT molecular complexity index is 1230. The Hall–Kier alpha value is -3.64. The highest BCUT2D eigenvalue weighted by Crippen LogP contribution is 2.36. The highest BCUT2D eigenvalue weighted by atomic mass is 32.2. The number of benzene rings is 2. The van der Waals surface area contributed by atoms with Gasteiger partial charge in [0.25, 0.3) is 11.6 Å². The van der Waals surface area contributed by atoms with E-state index in [2.05, 4.69) is 5.32 Å². The second-order valence-corrected chi connectivity index (χ2v) is 9.44. The molecule has 12 heteroatoms. The summed E-state index contributed by atoms with van der Waals surface area (Å²) in [6, 6.07) is 8.95. The molecule has 182 valence electrons. The van der Waals surface area contributed by atoms with Crippen LogP contribution in [-0.2, 0) is 9.59 Å². The molecular formula is C23H21N3O7S2. The predicted octanol–water partition coefficient (Wildman–Crippen LogP) is 4.43. The Kier molecular flexibility index (Phi) is 7.51. The van der Waals surface area contributed by atoms with Gasteiger partial charge in [0.15, 0.2) is 11.5 Å². The average molecular weight is 516 g/mol. The fraction of sp³-hybridized carbons (Fsp3) is 0.261. The van der Waals surface area contributed by atoms with Crippen molar-refractivity contribution in [1.29, 1.82) is 0 Å². The summed E-state index contributed by atoms with van der Waals surface area (Å²) in [4.78, 5) is 37.1. The summed E-state index contributed by atoms with van der Waals surface area (Å²) in [5.74, 6) is 0.487. The van der Waals surface area contributed by atoms with Crippen molar-refractivity contribution in [1.82, 2.24) is 4.90 Å². The number of anilines is 1. The van der Waals surface area contributed by atoms with E-state index in [-0.39, 0.29) is 42.2 Å². The molecule has 2 aromatic rings. The number of hydrogen-bond acceptors (Lipinski definition) is 9. The molecule has 0 spiro atoms. The third-order valence-electron chi connectivity index (χ3n) is 5.32. The number of nitro groups is 1. The van der Waals surface area contributed by atoms with Gasteiger partial charge >= 0.3 is 0 Å². The number of non-ortho nitro benzene ring substituents is 1. The van der Waals surface area contributed by atoms with Crippen LogP contribution in [0.5, 0.6) is 17.2 Å². The van der Waals surface area contributed by atoms with Gasteiger partial charge in [-0.25, -0.2) is 0 Å². The van der Waals surface area contributed by atoms with Crippen molar-refractivity contribution in [2.45, 2.75) is 25.7 Å².